The van der Waals surface area contributed by atoms with Gasteiger partial charge in [-0.15, -0.1) is 0 Å². The van der Waals surface area contributed by atoms with Gasteiger partial charge in [0.2, 0.25) is 5.91 Å². The van der Waals surface area contributed by atoms with Crippen molar-refractivity contribution in [3.63, 3.8) is 0 Å². The van der Waals surface area contributed by atoms with E-state index in [4.69, 9.17) is 0 Å². The Morgan fingerprint density at radius 2 is 2.00 bits per heavy atom. The normalized spacial score (nSPS) is 16.9. The first-order valence-electron chi connectivity index (χ1n) is 5.28. The number of rotatable bonds is 2. The lowest BCUT2D eigenvalue weighted by Gasteiger charge is -2.28. The molecule has 0 saturated carbocycles. The summed E-state index contributed by atoms with van der Waals surface area (Å²) in [6.07, 6.45) is 1.89. The number of hydrogen-bond acceptors (Lipinski definition) is 1. The molecule has 2 rings (SSSR count). The predicted octanol–water partition coefficient (Wildman–Crippen LogP) is 2.37. The first kappa shape index (κ1) is 9.97. The van der Waals surface area contributed by atoms with Crippen LogP contribution in [0.25, 0.3) is 0 Å². The van der Waals surface area contributed by atoms with E-state index >= 15 is 0 Å². The Morgan fingerprint density at radius 1 is 1.27 bits per heavy atom. The molecule has 1 aliphatic rings. The molecular weight excluding hydrogens is 186 g/mol. The highest BCUT2D eigenvalue weighted by Crippen LogP contribution is 2.17. The molecule has 2 heteroatoms. The lowest BCUT2D eigenvalue weighted by molar-refractivity contribution is -0.129. The number of likely N-dealkylation sites (tertiary alicyclic amines) is 1. The molecule has 1 amide bonds. The highest BCUT2D eigenvalue weighted by molar-refractivity contribution is 5.93. The molecule has 0 spiro atoms. The molecule has 0 bridgehead atoms. The summed E-state index contributed by atoms with van der Waals surface area (Å²) in [7, 11) is 0. The molecule has 0 aliphatic carbocycles. The van der Waals surface area contributed by atoms with Crippen molar-refractivity contribution < 1.29 is 4.79 Å². The van der Waals surface area contributed by atoms with Crippen molar-refractivity contribution in [2.75, 3.05) is 6.54 Å². The minimum absolute atomic E-state index is 0.116. The van der Waals surface area contributed by atoms with E-state index < -0.39 is 0 Å². The van der Waals surface area contributed by atoms with E-state index in [1.807, 2.05) is 35.2 Å². The van der Waals surface area contributed by atoms with Crippen molar-refractivity contribution in [2.24, 2.45) is 0 Å². The first-order chi connectivity index (χ1) is 7.27. The third-order valence-corrected chi connectivity index (χ3v) is 2.71. The Bertz CT molecular complexity index is 369. The maximum atomic E-state index is 11.8. The largest absolute Gasteiger partial charge is 0.335 e. The zero-order chi connectivity index (χ0) is 10.7. The molecular formula is C13H15NO. The number of piperidine rings is 1. The fourth-order valence-electron chi connectivity index (χ4n) is 1.87. The predicted molar refractivity (Wildman–Crippen MR) is 60.2 cm³/mol. The summed E-state index contributed by atoms with van der Waals surface area (Å²) in [5.41, 5.74) is 1.93. The molecule has 1 fully saturated rings. The molecule has 15 heavy (non-hydrogen) atoms. The zero-order valence-corrected chi connectivity index (χ0v) is 8.78. The van der Waals surface area contributed by atoms with Gasteiger partial charge in [-0.1, -0.05) is 36.9 Å². The smallest absolute Gasteiger partial charge is 0.249 e. The molecule has 0 unspecified atom stereocenters. The van der Waals surface area contributed by atoms with Crippen LogP contribution in [0.1, 0.15) is 18.4 Å². The molecule has 1 heterocycles. The maximum absolute atomic E-state index is 11.8. The number of nitrogens with zero attached hydrogens (tertiary/aromatic N) is 1. The average Bonchev–Trinajstić information content (AvgIpc) is 2.26. The Hall–Kier alpha value is -1.57. The SMILES string of the molecule is C=C1CCCN(Cc2ccccc2)C1=O. The second kappa shape index (κ2) is 4.30. The van der Waals surface area contributed by atoms with Crippen molar-refractivity contribution in [1.29, 1.82) is 0 Å². The third-order valence-electron chi connectivity index (χ3n) is 2.71. The zero-order valence-electron chi connectivity index (χ0n) is 8.78. The summed E-state index contributed by atoms with van der Waals surface area (Å²) >= 11 is 0. The molecule has 2 nitrogen and oxygen atoms in total. The number of amides is 1. The van der Waals surface area contributed by atoms with Crippen molar-refractivity contribution in [3.05, 3.63) is 48.0 Å². The van der Waals surface area contributed by atoms with Crippen LogP contribution < -0.4 is 0 Å². The van der Waals surface area contributed by atoms with Gasteiger partial charge in [0.25, 0.3) is 0 Å². The summed E-state index contributed by atoms with van der Waals surface area (Å²) in [4.78, 5) is 13.6. The second-order valence-electron chi connectivity index (χ2n) is 3.92. The molecule has 1 saturated heterocycles. The summed E-state index contributed by atoms with van der Waals surface area (Å²) in [5, 5.41) is 0. The fourth-order valence-corrected chi connectivity index (χ4v) is 1.87. The van der Waals surface area contributed by atoms with E-state index in [9.17, 15) is 4.79 Å². The van der Waals surface area contributed by atoms with E-state index in [-0.39, 0.29) is 5.91 Å². The Kier molecular flexibility index (Phi) is 2.86. The highest BCUT2D eigenvalue weighted by Gasteiger charge is 2.21. The van der Waals surface area contributed by atoms with Crippen LogP contribution in [0.4, 0.5) is 0 Å². The van der Waals surface area contributed by atoms with Gasteiger partial charge in [0, 0.05) is 18.7 Å². The Balaban J connectivity index is 2.06. The highest BCUT2D eigenvalue weighted by atomic mass is 16.2. The van der Waals surface area contributed by atoms with E-state index in [0.717, 1.165) is 25.0 Å². The van der Waals surface area contributed by atoms with Gasteiger partial charge in [-0.3, -0.25) is 4.79 Å². The molecule has 1 aromatic carbocycles. The quantitative estimate of drug-likeness (QED) is 0.673. The van der Waals surface area contributed by atoms with Crippen LogP contribution in [0.3, 0.4) is 0 Å². The monoisotopic (exact) mass is 201 g/mol. The lowest BCUT2D eigenvalue weighted by Crippen LogP contribution is -2.35. The van der Waals surface area contributed by atoms with Gasteiger partial charge in [-0.2, -0.15) is 0 Å². The maximum Gasteiger partial charge on any atom is 0.249 e. The number of carbonyl (C=O) groups excluding carboxylic acids is 1. The molecule has 0 radical (unpaired) electrons. The number of hydrogen-bond donors (Lipinski definition) is 0. The molecule has 0 N–H and O–H groups in total. The minimum atomic E-state index is 0.116. The van der Waals surface area contributed by atoms with Crippen LogP contribution in [-0.4, -0.2) is 17.4 Å². The Labute approximate surface area is 90.2 Å². The Morgan fingerprint density at radius 3 is 2.73 bits per heavy atom. The molecule has 0 atom stereocenters. The molecule has 1 aliphatic heterocycles. The standard InChI is InChI=1S/C13H15NO/c1-11-6-5-9-14(13(11)15)10-12-7-3-2-4-8-12/h2-4,7-8H,1,5-6,9-10H2. The van der Waals surface area contributed by atoms with Gasteiger partial charge in [-0.05, 0) is 18.4 Å². The molecule has 78 valence electrons. The summed E-state index contributed by atoms with van der Waals surface area (Å²) in [6, 6.07) is 10.1. The van der Waals surface area contributed by atoms with Gasteiger partial charge in [0.15, 0.2) is 0 Å². The number of benzene rings is 1. The van der Waals surface area contributed by atoms with E-state index in [1.54, 1.807) is 0 Å². The van der Waals surface area contributed by atoms with Crippen LogP contribution in [-0.2, 0) is 11.3 Å². The van der Waals surface area contributed by atoms with Crippen LogP contribution in [0.15, 0.2) is 42.5 Å². The fraction of sp³-hybridized carbons (Fsp3) is 0.308. The van der Waals surface area contributed by atoms with Crippen molar-refractivity contribution in [3.8, 4) is 0 Å². The van der Waals surface area contributed by atoms with E-state index in [0.29, 0.717) is 6.54 Å². The molecule has 0 aromatic heterocycles. The third kappa shape index (κ3) is 2.27. The number of carbonyl (C=O) groups is 1. The molecule has 1 aromatic rings. The van der Waals surface area contributed by atoms with E-state index in [2.05, 4.69) is 6.58 Å². The van der Waals surface area contributed by atoms with Gasteiger partial charge in [0.05, 0.1) is 0 Å². The minimum Gasteiger partial charge on any atom is -0.335 e. The van der Waals surface area contributed by atoms with Gasteiger partial charge >= 0.3 is 0 Å². The van der Waals surface area contributed by atoms with Crippen LogP contribution in [0.2, 0.25) is 0 Å². The summed E-state index contributed by atoms with van der Waals surface area (Å²) in [5.74, 6) is 0.116. The van der Waals surface area contributed by atoms with E-state index in [1.165, 1.54) is 5.56 Å². The second-order valence-corrected chi connectivity index (χ2v) is 3.92. The van der Waals surface area contributed by atoms with Gasteiger partial charge in [-0.25, -0.2) is 0 Å². The van der Waals surface area contributed by atoms with Crippen molar-refractivity contribution in [2.45, 2.75) is 19.4 Å². The summed E-state index contributed by atoms with van der Waals surface area (Å²) in [6.45, 7) is 5.36. The average molecular weight is 201 g/mol. The van der Waals surface area contributed by atoms with Crippen molar-refractivity contribution in [1.82, 2.24) is 4.90 Å². The summed E-state index contributed by atoms with van der Waals surface area (Å²) < 4.78 is 0. The van der Waals surface area contributed by atoms with Crippen LogP contribution >= 0.6 is 0 Å². The van der Waals surface area contributed by atoms with Crippen LogP contribution in [0.5, 0.6) is 0 Å². The van der Waals surface area contributed by atoms with Gasteiger partial charge in [0.1, 0.15) is 0 Å². The van der Waals surface area contributed by atoms with Crippen LogP contribution in [0, 0.1) is 0 Å². The first-order valence-corrected chi connectivity index (χ1v) is 5.28. The lowest BCUT2D eigenvalue weighted by atomic mass is 10.0. The van der Waals surface area contributed by atoms with Crippen molar-refractivity contribution >= 4 is 5.91 Å². The van der Waals surface area contributed by atoms with Gasteiger partial charge < -0.3 is 4.90 Å². The topological polar surface area (TPSA) is 20.3 Å².